The monoisotopic (exact) mass is 343 g/mol. The topological polar surface area (TPSA) is 49.6 Å². The van der Waals surface area contributed by atoms with Crippen molar-refractivity contribution in [1.29, 1.82) is 0 Å². The molecule has 1 aliphatic heterocycles. The predicted molar refractivity (Wildman–Crippen MR) is 102 cm³/mol. The average molecular weight is 344 g/mol. The fourth-order valence-corrected chi connectivity index (χ4v) is 4.25. The van der Waals surface area contributed by atoms with Crippen LogP contribution in [0.15, 0.2) is 30.3 Å². The Labute approximate surface area is 152 Å². The molecule has 2 fully saturated rings. The fourth-order valence-electron chi connectivity index (χ4n) is 4.25. The third-order valence-corrected chi connectivity index (χ3v) is 6.00. The molecule has 4 nitrogen and oxygen atoms in total. The molecule has 138 valence electrons. The summed E-state index contributed by atoms with van der Waals surface area (Å²) in [6, 6.07) is 10.7. The molecule has 1 heterocycles. The summed E-state index contributed by atoms with van der Waals surface area (Å²) < 4.78 is 0. The number of rotatable bonds is 6. The van der Waals surface area contributed by atoms with Crippen LogP contribution < -0.4 is 5.73 Å². The van der Waals surface area contributed by atoms with Crippen molar-refractivity contribution in [2.45, 2.75) is 38.5 Å². The average Bonchev–Trinajstić information content (AvgIpc) is 2.69. The lowest BCUT2D eigenvalue weighted by Crippen LogP contribution is -2.50. The van der Waals surface area contributed by atoms with Crippen LogP contribution in [0, 0.1) is 11.8 Å². The van der Waals surface area contributed by atoms with E-state index in [1.165, 1.54) is 12.0 Å². The lowest BCUT2D eigenvalue weighted by Gasteiger charge is -2.38. The molecule has 0 bridgehead atoms. The summed E-state index contributed by atoms with van der Waals surface area (Å²) in [4.78, 5) is 17.4. The molecule has 2 aliphatic rings. The zero-order chi connectivity index (χ0) is 17.5. The van der Waals surface area contributed by atoms with E-state index in [0.717, 1.165) is 71.4 Å². The van der Waals surface area contributed by atoms with Crippen molar-refractivity contribution in [1.82, 2.24) is 9.80 Å². The summed E-state index contributed by atoms with van der Waals surface area (Å²) in [5.41, 5.74) is 7.18. The van der Waals surface area contributed by atoms with Crippen LogP contribution in [0.5, 0.6) is 0 Å². The Morgan fingerprint density at radius 3 is 2.32 bits per heavy atom. The number of aryl methyl sites for hydroxylation is 1. The third kappa shape index (κ3) is 5.29. The quantitative estimate of drug-likeness (QED) is 0.863. The van der Waals surface area contributed by atoms with Crippen molar-refractivity contribution in [2.75, 3.05) is 39.3 Å². The van der Waals surface area contributed by atoms with Gasteiger partial charge in [0, 0.05) is 32.1 Å². The van der Waals surface area contributed by atoms with E-state index in [9.17, 15) is 4.79 Å². The highest BCUT2D eigenvalue weighted by atomic mass is 16.2. The molecule has 0 radical (unpaired) electrons. The minimum Gasteiger partial charge on any atom is -0.340 e. The number of amides is 1. The van der Waals surface area contributed by atoms with E-state index < -0.39 is 0 Å². The van der Waals surface area contributed by atoms with Gasteiger partial charge in [-0.1, -0.05) is 30.3 Å². The second-order valence-electron chi connectivity index (χ2n) is 7.71. The molecule has 1 amide bonds. The molecular formula is C21H33N3O. The molecule has 0 aromatic heterocycles. The van der Waals surface area contributed by atoms with Gasteiger partial charge in [-0.25, -0.2) is 0 Å². The maximum atomic E-state index is 12.7. The predicted octanol–water partition coefficient (Wildman–Crippen LogP) is 2.53. The highest BCUT2D eigenvalue weighted by Crippen LogP contribution is 2.29. The van der Waals surface area contributed by atoms with Crippen LogP contribution in [0.25, 0.3) is 0 Å². The Morgan fingerprint density at radius 2 is 1.68 bits per heavy atom. The molecule has 4 heteroatoms. The van der Waals surface area contributed by atoms with E-state index in [1.54, 1.807) is 0 Å². The van der Waals surface area contributed by atoms with Gasteiger partial charge in [0.05, 0.1) is 0 Å². The highest BCUT2D eigenvalue weighted by Gasteiger charge is 2.30. The standard InChI is InChI=1S/C21H33N3O/c22-17-19-8-10-20(11-9-19)21(25)24-15-13-23(14-16-24)12-4-7-18-5-2-1-3-6-18/h1-3,5-6,19-20H,4,7-17,22H2. The minimum absolute atomic E-state index is 0.257. The Bertz CT molecular complexity index is 517. The van der Waals surface area contributed by atoms with Gasteiger partial charge in [0.15, 0.2) is 0 Å². The number of nitrogens with two attached hydrogens (primary N) is 1. The van der Waals surface area contributed by atoms with E-state index in [1.807, 2.05) is 0 Å². The maximum Gasteiger partial charge on any atom is 0.225 e. The number of benzene rings is 1. The Kier molecular flexibility index (Phi) is 6.88. The number of piperazine rings is 1. The molecule has 0 spiro atoms. The molecule has 1 aliphatic carbocycles. The normalized spacial score (nSPS) is 25.1. The fraction of sp³-hybridized carbons (Fsp3) is 0.667. The van der Waals surface area contributed by atoms with Gasteiger partial charge >= 0.3 is 0 Å². The smallest absolute Gasteiger partial charge is 0.225 e. The van der Waals surface area contributed by atoms with Gasteiger partial charge in [-0.05, 0) is 63.1 Å². The zero-order valence-corrected chi connectivity index (χ0v) is 15.4. The number of carbonyl (C=O) groups excluding carboxylic acids is 1. The SMILES string of the molecule is NCC1CCC(C(=O)N2CCN(CCCc3ccccc3)CC2)CC1. The number of nitrogens with zero attached hydrogens (tertiary/aromatic N) is 2. The molecule has 1 saturated heterocycles. The first-order valence-corrected chi connectivity index (χ1v) is 10.0. The van der Waals surface area contributed by atoms with Crippen molar-refractivity contribution in [2.24, 2.45) is 17.6 Å². The van der Waals surface area contributed by atoms with Crippen molar-refractivity contribution in [3.63, 3.8) is 0 Å². The minimum atomic E-state index is 0.257. The Balaban J connectivity index is 1.35. The van der Waals surface area contributed by atoms with Gasteiger partial charge in [0.2, 0.25) is 5.91 Å². The first kappa shape index (κ1) is 18.4. The molecule has 2 N–H and O–H groups in total. The van der Waals surface area contributed by atoms with Gasteiger partial charge in [0.25, 0.3) is 0 Å². The molecule has 1 aromatic carbocycles. The summed E-state index contributed by atoms with van der Waals surface area (Å²) in [5.74, 6) is 1.30. The first-order valence-electron chi connectivity index (χ1n) is 10.0. The van der Waals surface area contributed by atoms with Crippen LogP contribution in [-0.2, 0) is 11.2 Å². The van der Waals surface area contributed by atoms with Crippen LogP contribution in [0.1, 0.15) is 37.7 Å². The number of carbonyl (C=O) groups is 1. The lowest BCUT2D eigenvalue weighted by molar-refractivity contribution is -0.138. The second kappa shape index (κ2) is 9.35. The molecule has 25 heavy (non-hydrogen) atoms. The Hall–Kier alpha value is -1.39. The van der Waals surface area contributed by atoms with E-state index in [4.69, 9.17) is 5.73 Å². The third-order valence-electron chi connectivity index (χ3n) is 6.00. The van der Waals surface area contributed by atoms with E-state index in [-0.39, 0.29) is 5.92 Å². The molecular weight excluding hydrogens is 310 g/mol. The number of hydrogen-bond donors (Lipinski definition) is 1. The van der Waals surface area contributed by atoms with Crippen molar-refractivity contribution >= 4 is 5.91 Å². The first-order chi connectivity index (χ1) is 12.3. The summed E-state index contributed by atoms with van der Waals surface area (Å²) in [6.45, 7) is 5.78. The zero-order valence-electron chi connectivity index (χ0n) is 15.4. The summed E-state index contributed by atoms with van der Waals surface area (Å²) in [5, 5.41) is 0. The summed E-state index contributed by atoms with van der Waals surface area (Å²) in [6.07, 6.45) is 6.68. The van der Waals surface area contributed by atoms with Gasteiger partial charge in [-0.15, -0.1) is 0 Å². The van der Waals surface area contributed by atoms with Gasteiger partial charge in [-0.2, -0.15) is 0 Å². The van der Waals surface area contributed by atoms with Crippen molar-refractivity contribution in [3.05, 3.63) is 35.9 Å². The van der Waals surface area contributed by atoms with E-state index in [2.05, 4.69) is 40.1 Å². The molecule has 0 unspecified atom stereocenters. The molecule has 1 aromatic rings. The highest BCUT2D eigenvalue weighted by molar-refractivity contribution is 5.79. The van der Waals surface area contributed by atoms with Crippen LogP contribution in [-0.4, -0.2) is 55.0 Å². The van der Waals surface area contributed by atoms with Crippen LogP contribution >= 0.6 is 0 Å². The lowest BCUT2D eigenvalue weighted by atomic mass is 9.81. The largest absolute Gasteiger partial charge is 0.340 e. The van der Waals surface area contributed by atoms with Crippen LogP contribution in [0.4, 0.5) is 0 Å². The molecule has 0 atom stereocenters. The Morgan fingerprint density at radius 1 is 1.00 bits per heavy atom. The summed E-state index contributed by atoms with van der Waals surface area (Å²) in [7, 11) is 0. The van der Waals surface area contributed by atoms with E-state index >= 15 is 0 Å². The van der Waals surface area contributed by atoms with Gasteiger partial charge in [-0.3, -0.25) is 9.69 Å². The number of hydrogen-bond acceptors (Lipinski definition) is 3. The van der Waals surface area contributed by atoms with Crippen molar-refractivity contribution < 1.29 is 4.79 Å². The van der Waals surface area contributed by atoms with Crippen LogP contribution in [0.2, 0.25) is 0 Å². The van der Waals surface area contributed by atoms with Crippen LogP contribution in [0.3, 0.4) is 0 Å². The second-order valence-corrected chi connectivity index (χ2v) is 7.71. The van der Waals surface area contributed by atoms with E-state index in [0.29, 0.717) is 11.8 Å². The molecule has 3 rings (SSSR count). The van der Waals surface area contributed by atoms with Crippen molar-refractivity contribution in [3.8, 4) is 0 Å². The summed E-state index contributed by atoms with van der Waals surface area (Å²) >= 11 is 0. The molecule has 1 saturated carbocycles. The van der Waals surface area contributed by atoms with Gasteiger partial charge in [0.1, 0.15) is 0 Å². The maximum absolute atomic E-state index is 12.7. The van der Waals surface area contributed by atoms with Gasteiger partial charge < -0.3 is 10.6 Å².